The van der Waals surface area contributed by atoms with Crippen LogP contribution in [0.3, 0.4) is 0 Å². The van der Waals surface area contributed by atoms with Gasteiger partial charge in [-0.25, -0.2) is 0 Å². The van der Waals surface area contributed by atoms with Crippen LogP contribution in [0.15, 0.2) is 0 Å². The molecule has 0 radical (unpaired) electrons. The maximum atomic E-state index is 12.8. The van der Waals surface area contributed by atoms with Gasteiger partial charge in [-0.3, -0.25) is 0 Å². The molecule has 4 saturated carbocycles. The average molecular weight is 887 g/mol. The molecule has 0 unspecified atom stereocenters. The molecule has 9 aliphatic rings. The van der Waals surface area contributed by atoms with E-state index in [4.69, 9.17) is 37.9 Å². The molecule has 17 nitrogen and oxygen atoms in total. The Morgan fingerprint density at radius 1 is 0.613 bits per heavy atom. The normalized spacial score (nSPS) is 60.1. The van der Waals surface area contributed by atoms with Crippen LogP contribution >= 0.6 is 0 Å². The second kappa shape index (κ2) is 16.8. The lowest BCUT2D eigenvalue weighted by Crippen LogP contribution is -2.66. The number of hydrogen-bond acceptors (Lipinski definition) is 17. The molecule has 5 aliphatic heterocycles. The molecule has 356 valence electrons. The van der Waals surface area contributed by atoms with E-state index in [-0.39, 0.29) is 29.0 Å². The van der Waals surface area contributed by atoms with E-state index < -0.39 is 110 Å². The number of hydrogen-bond donors (Lipinski definition) is 9. The van der Waals surface area contributed by atoms with Gasteiger partial charge in [0.15, 0.2) is 24.7 Å². The molecule has 17 heteroatoms. The minimum atomic E-state index is -1.71. The number of ether oxygens (including phenoxy) is 8. The summed E-state index contributed by atoms with van der Waals surface area (Å²) in [4.78, 5) is 0. The quantitative estimate of drug-likeness (QED) is 0.157. The van der Waals surface area contributed by atoms with E-state index in [1.165, 1.54) is 13.8 Å². The number of aliphatic hydroxyl groups excluding tert-OH is 8. The topological polar surface area (TPSA) is 256 Å². The Morgan fingerprint density at radius 2 is 1.26 bits per heavy atom. The highest BCUT2D eigenvalue weighted by Crippen LogP contribution is 2.72. The lowest BCUT2D eigenvalue weighted by molar-refractivity contribution is -0.389. The van der Waals surface area contributed by atoms with Crippen LogP contribution in [0.25, 0.3) is 0 Å². The van der Waals surface area contributed by atoms with Crippen molar-refractivity contribution in [3.05, 3.63) is 0 Å². The third-order valence-corrected chi connectivity index (χ3v) is 18.5. The SMILES string of the molecule is C[C@H]1CC[C@@]2(OC1)O[C@H]1C[C@H]3[C@@H]4CC[C@@H]5C[C@@H](O[C@@H]6O[C@H](CO)[C@@H](O[C@@H]7O[C@@H](C)[C@H](O)[C@@H](O)[C@H]7O)[C@H](O)[C@H]6O[C@@H]6O[C@@H](C)[C@H](O)[C@@H](O)[C@H]6O)CC[C@]5(C)[C@H]4CC[C@]3(C)[C@@]1(O)[C@@H]2C. The molecule has 62 heavy (non-hydrogen) atoms. The summed E-state index contributed by atoms with van der Waals surface area (Å²) < 4.78 is 50.0. The first-order chi connectivity index (χ1) is 29.3. The molecule has 9 fully saturated rings. The van der Waals surface area contributed by atoms with Crippen molar-refractivity contribution >= 4 is 0 Å². The monoisotopic (exact) mass is 886 g/mol. The van der Waals surface area contributed by atoms with Gasteiger partial charge in [0.1, 0.15) is 66.6 Å². The Kier molecular flexibility index (Phi) is 12.6. The zero-order valence-corrected chi connectivity index (χ0v) is 37.1. The standard InChI is InChI=1S/C45H74O17/c1-19-9-14-44(55-18-19)22(4)45(54)29(62-44)16-27-25-8-7-23-15-24(10-12-42(23,5)26(25)11-13-43(27,45)6)58-41-38(61-40-35(52)33(50)31(48)21(3)57-40)36(53)37(28(17-46)59-41)60-39-34(51)32(49)30(47)20(2)56-39/h19-41,46-54H,7-18H2,1-6H3/t19-,20-,21-,22+,23+,24-,25+,26-,27-,28+,29-,30-,31-,32+,33+,34+,35+,36-,37+,38+,39-,40-,41+,42-,43-,44+,45+/m0/s1. The molecule has 5 heterocycles. The van der Waals surface area contributed by atoms with Crippen LogP contribution in [-0.2, 0) is 37.9 Å². The zero-order valence-electron chi connectivity index (χ0n) is 37.1. The third kappa shape index (κ3) is 7.12. The van der Waals surface area contributed by atoms with Crippen LogP contribution in [0.4, 0.5) is 0 Å². The fraction of sp³-hybridized carbons (Fsp3) is 1.00. The van der Waals surface area contributed by atoms with Gasteiger partial charge >= 0.3 is 0 Å². The van der Waals surface area contributed by atoms with Crippen molar-refractivity contribution in [2.45, 2.75) is 221 Å². The van der Waals surface area contributed by atoms with E-state index in [9.17, 15) is 46.0 Å². The van der Waals surface area contributed by atoms with Crippen LogP contribution < -0.4 is 0 Å². The van der Waals surface area contributed by atoms with E-state index in [1.807, 2.05) is 0 Å². The molecule has 0 bridgehead atoms. The first-order valence-corrected chi connectivity index (χ1v) is 23.6. The highest BCUT2D eigenvalue weighted by molar-refractivity contribution is 5.23. The summed E-state index contributed by atoms with van der Waals surface area (Å²) >= 11 is 0. The second-order valence-electron chi connectivity index (χ2n) is 21.6. The van der Waals surface area contributed by atoms with Gasteiger partial charge in [0.25, 0.3) is 0 Å². The van der Waals surface area contributed by atoms with Gasteiger partial charge in [0.05, 0.1) is 37.6 Å². The maximum Gasteiger partial charge on any atom is 0.187 e. The van der Waals surface area contributed by atoms with Crippen molar-refractivity contribution in [2.24, 2.45) is 46.3 Å². The Bertz CT molecular complexity index is 1580. The Labute approximate surface area is 364 Å². The summed E-state index contributed by atoms with van der Waals surface area (Å²) in [5.41, 5.74) is -1.20. The molecule has 4 aliphatic carbocycles. The minimum Gasteiger partial charge on any atom is -0.394 e. The van der Waals surface area contributed by atoms with Crippen molar-refractivity contribution in [1.82, 2.24) is 0 Å². The summed E-state index contributed by atoms with van der Waals surface area (Å²) in [6.45, 7) is 12.1. The lowest BCUT2D eigenvalue weighted by Gasteiger charge is -2.62. The minimum absolute atomic E-state index is 0.0272. The number of aliphatic hydroxyl groups is 9. The molecule has 0 aromatic rings. The maximum absolute atomic E-state index is 12.8. The Balaban J connectivity index is 0.905. The zero-order chi connectivity index (χ0) is 44.4. The van der Waals surface area contributed by atoms with Crippen molar-refractivity contribution in [3.8, 4) is 0 Å². The highest BCUT2D eigenvalue weighted by Gasteiger charge is 2.76. The highest BCUT2D eigenvalue weighted by atomic mass is 16.8. The smallest absolute Gasteiger partial charge is 0.187 e. The van der Waals surface area contributed by atoms with Crippen LogP contribution in [0.1, 0.15) is 106 Å². The largest absolute Gasteiger partial charge is 0.394 e. The van der Waals surface area contributed by atoms with Gasteiger partial charge in [0, 0.05) is 17.8 Å². The fourth-order valence-electron chi connectivity index (χ4n) is 14.5. The number of fused-ring (bicyclic) bond motifs is 7. The van der Waals surface area contributed by atoms with Gasteiger partial charge in [-0.1, -0.05) is 27.7 Å². The summed E-state index contributed by atoms with van der Waals surface area (Å²) in [6.07, 6.45) is -13.2. The predicted octanol–water partition coefficient (Wildman–Crippen LogP) is 0.437. The van der Waals surface area contributed by atoms with Crippen molar-refractivity contribution < 1.29 is 83.9 Å². The second-order valence-corrected chi connectivity index (χ2v) is 21.6. The van der Waals surface area contributed by atoms with Crippen LogP contribution in [0.2, 0.25) is 0 Å². The molecule has 9 rings (SSSR count). The molecule has 1 spiro atoms. The first kappa shape index (κ1) is 46.4. The Hall–Kier alpha value is -0.680. The van der Waals surface area contributed by atoms with Crippen molar-refractivity contribution in [1.29, 1.82) is 0 Å². The molecule has 27 atom stereocenters. The van der Waals surface area contributed by atoms with Crippen molar-refractivity contribution in [3.63, 3.8) is 0 Å². The van der Waals surface area contributed by atoms with Gasteiger partial charge in [-0.15, -0.1) is 0 Å². The van der Waals surface area contributed by atoms with E-state index in [2.05, 4.69) is 27.7 Å². The lowest BCUT2D eigenvalue weighted by atomic mass is 9.44. The Morgan fingerprint density at radius 3 is 1.87 bits per heavy atom. The van der Waals surface area contributed by atoms with E-state index in [0.29, 0.717) is 49.0 Å². The van der Waals surface area contributed by atoms with E-state index in [1.54, 1.807) is 0 Å². The van der Waals surface area contributed by atoms with Crippen LogP contribution in [-0.4, -0.2) is 175 Å². The molecule has 0 amide bonds. The summed E-state index contributed by atoms with van der Waals surface area (Å²) in [7, 11) is 0. The molecule has 0 aromatic heterocycles. The average Bonchev–Trinajstić information content (AvgIpc) is 3.60. The summed E-state index contributed by atoms with van der Waals surface area (Å²) in [6, 6.07) is 0. The van der Waals surface area contributed by atoms with Gasteiger partial charge in [0.2, 0.25) is 0 Å². The summed E-state index contributed by atoms with van der Waals surface area (Å²) in [5, 5.41) is 98.8. The van der Waals surface area contributed by atoms with Crippen molar-refractivity contribution in [2.75, 3.05) is 13.2 Å². The first-order valence-electron chi connectivity index (χ1n) is 23.6. The molecular weight excluding hydrogens is 812 g/mol. The summed E-state index contributed by atoms with van der Waals surface area (Å²) in [5.74, 6) is 1.23. The van der Waals surface area contributed by atoms with Crippen LogP contribution in [0.5, 0.6) is 0 Å². The third-order valence-electron chi connectivity index (χ3n) is 18.5. The van der Waals surface area contributed by atoms with Crippen LogP contribution in [0, 0.1) is 46.3 Å². The van der Waals surface area contributed by atoms with Gasteiger partial charge in [-0.2, -0.15) is 0 Å². The number of rotatable bonds is 7. The molecule has 5 saturated heterocycles. The van der Waals surface area contributed by atoms with Gasteiger partial charge in [-0.05, 0) is 107 Å². The van der Waals surface area contributed by atoms with E-state index in [0.717, 1.165) is 51.4 Å². The molecular formula is C45H74O17. The predicted molar refractivity (Wildman–Crippen MR) is 214 cm³/mol. The molecule has 9 N–H and O–H groups in total. The van der Waals surface area contributed by atoms with E-state index >= 15 is 0 Å². The van der Waals surface area contributed by atoms with Gasteiger partial charge < -0.3 is 83.9 Å². The molecule has 0 aromatic carbocycles. The fourth-order valence-corrected chi connectivity index (χ4v) is 14.5.